The Kier molecular flexibility index (Phi) is 3.15. The molecule has 0 atom stereocenters. The van der Waals surface area contributed by atoms with Crippen molar-refractivity contribution in [3.8, 4) is 0 Å². The van der Waals surface area contributed by atoms with Gasteiger partial charge in [-0.1, -0.05) is 12.1 Å². The van der Waals surface area contributed by atoms with Crippen molar-refractivity contribution < 1.29 is 19.2 Å². The summed E-state index contributed by atoms with van der Waals surface area (Å²) in [5.41, 5.74) is -1.94. The van der Waals surface area contributed by atoms with Crippen LogP contribution in [0.3, 0.4) is 0 Å². The fourth-order valence-corrected chi connectivity index (χ4v) is 1.65. The lowest BCUT2D eigenvalue weighted by molar-refractivity contribution is -0.386. The molecule has 0 bridgehead atoms. The minimum Gasteiger partial charge on any atom is -0.480 e. The van der Waals surface area contributed by atoms with Crippen LogP contribution in [-0.4, -0.2) is 22.5 Å². The highest BCUT2D eigenvalue weighted by Gasteiger charge is 2.24. The van der Waals surface area contributed by atoms with Crippen LogP contribution in [0.15, 0.2) is 33.5 Å². The van der Waals surface area contributed by atoms with Gasteiger partial charge in [0.2, 0.25) is 0 Å². The van der Waals surface area contributed by atoms with E-state index in [0.29, 0.717) is 0 Å². The lowest BCUT2D eigenvalue weighted by Gasteiger charge is -2.06. The SMILES string of the molecule is O=C(O)CNc1c([N+](=O)[O-])c(=O)oc2ccccc12. The third-order valence-electron chi connectivity index (χ3n) is 2.39. The largest absolute Gasteiger partial charge is 0.480 e. The molecule has 0 aliphatic carbocycles. The second kappa shape index (κ2) is 4.77. The van der Waals surface area contributed by atoms with Gasteiger partial charge >= 0.3 is 17.3 Å². The van der Waals surface area contributed by atoms with E-state index in [0.717, 1.165) is 0 Å². The first-order valence-electron chi connectivity index (χ1n) is 5.16. The van der Waals surface area contributed by atoms with Crippen LogP contribution in [0.1, 0.15) is 0 Å². The van der Waals surface area contributed by atoms with Gasteiger partial charge in [-0.05, 0) is 12.1 Å². The molecular formula is C11H8N2O6. The molecule has 0 spiro atoms. The number of carboxylic acid groups (broad SMARTS) is 1. The van der Waals surface area contributed by atoms with Crippen molar-refractivity contribution in [1.29, 1.82) is 0 Å². The summed E-state index contributed by atoms with van der Waals surface area (Å²) in [7, 11) is 0. The summed E-state index contributed by atoms with van der Waals surface area (Å²) < 4.78 is 4.82. The number of hydrogen-bond acceptors (Lipinski definition) is 6. The molecular weight excluding hydrogens is 256 g/mol. The minimum atomic E-state index is -1.20. The van der Waals surface area contributed by atoms with Gasteiger partial charge in [-0.2, -0.15) is 0 Å². The second-order valence-corrected chi connectivity index (χ2v) is 3.61. The maximum absolute atomic E-state index is 11.5. The Morgan fingerprint density at radius 3 is 2.74 bits per heavy atom. The molecule has 0 amide bonds. The highest BCUT2D eigenvalue weighted by Crippen LogP contribution is 2.29. The first-order valence-corrected chi connectivity index (χ1v) is 5.16. The van der Waals surface area contributed by atoms with Crippen LogP contribution in [0, 0.1) is 10.1 Å². The van der Waals surface area contributed by atoms with E-state index in [4.69, 9.17) is 9.52 Å². The van der Waals surface area contributed by atoms with E-state index in [1.54, 1.807) is 12.1 Å². The van der Waals surface area contributed by atoms with Crippen LogP contribution in [0.4, 0.5) is 11.4 Å². The Morgan fingerprint density at radius 1 is 1.42 bits per heavy atom. The number of nitrogens with zero attached hydrogens (tertiary/aromatic N) is 1. The molecule has 1 heterocycles. The van der Waals surface area contributed by atoms with Gasteiger partial charge in [0.05, 0.1) is 4.92 Å². The normalized spacial score (nSPS) is 10.3. The van der Waals surface area contributed by atoms with Crippen LogP contribution in [-0.2, 0) is 4.79 Å². The van der Waals surface area contributed by atoms with Crippen molar-refractivity contribution in [2.45, 2.75) is 0 Å². The monoisotopic (exact) mass is 264 g/mol. The fourth-order valence-electron chi connectivity index (χ4n) is 1.65. The van der Waals surface area contributed by atoms with Gasteiger partial charge in [-0.25, -0.2) is 4.79 Å². The summed E-state index contributed by atoms with van der Waals surface area (Å²) in [6.07, 6.45) is 0. The molecule has 1 aromatic heterocycles. The van der Waals surface area contributed by atoms with Gasteiger partial charge in [0, 0.05) is 5.39 Å². The van der Waals surface area contributed by atoms with Crippen molar-refractivity contribution in [2.24, 2.45) is 0 Å². The molecule has 2 rings (SSSR count). The van der Waals surface area contributed by atoms with Crippen molar-refractivity contribution in [1.82, 2.24) is 0 Å². The number of rotatable bonds is 4. The first-order chi connectivity index (χ1) is 9.00. The highest BCUT2D eigenvalue weighted by atomic mass is 16.6. The summed E-state index contributed by atoms with van der Waals surface area (Å²) >= 11 is 0. The topological polar surface area (TPSA) is 123 Å². The molecule has 8 heteroatoms. The van der Waals surface area contributed by atoms with Gasteiger partial charge in [0.15, 0.2) is 0 Å². The van der Waals surface area contributed by atoms with Crippen LogP contribution in [0.5, 0.6) is 0 Å². The maximum atomic E-state index is 11.5. The predicted molar refractivity (Wildman–Crippen MR) is 65.3 cm³/mol. The molecule has 0 saturated heterocycles. The third kappa shape index (κ3) is 2.37. The molecule has 2 N–H and O–H groups in total. The predicted octanol–water partition coefficient (Wildman–Crippen LogP) is 1.20. The van der Waals surface area contributed by atoms with E-state index in [9.17, 15) is 19.7 Å². The van der Waals surface area contributed by atoms with Crippen LogP contribution in [0.25, 0.3) is 11.0 Å². The number of carbonyl (C=O) groups is 1. The van der Waals surface area contributed by atoms with E-state index < -0.39 is 28.8 Å². The molecule has 8 nitrogen and oxygen atoms in total. The highest BCUT2D eigenvalue weighted by molar-refractivity contribution is 5.95. The van der Waals surface area contributed by atoms with Crippen LogP contribution < -0.4 is 10.9 Å². The molecule has 0 aliphatic heterocycles. The number of hydrogen-bond donors (Lipinski definition) is 2. The number of nitro groups is 1. The molecule has 0 aliphatic rings. The Labute approximate surface area is 105 Å². The molecule has 0 unspecified atom stereocenters. The molecule has 19 heavy (non-hydrogen) atoms. The summed E-state index contributed by atoms with van der Waals surface area (Å²) in [5.74, 6) is -1.20. The Bertz CT molecular complexity index is 721. The van der Waals surface area contributed by atoms with E-state index in [1.165, 1.54) is 12.1 Å². The van der Waals surface area contributed by atoms with Gasteiger partial charge < -0.3 is 14.8 Å². The zero-order chi connectivity index (χ0) is 14.0. The molecule has 0 fully saturated rings. The van der Waals surface area contributed by atoms with E-state index in [1.807, 2.05) is 0 Å². The molecule has 1 aromatic carbocycles. The average Bonchev–Trinajstić information content (AvgIpc) is 2.34. The van der Waals surface area contributed by atoms with Gasteiger partial charge in [0.25, 0.3) is 0 Å². The van der Waals surface area contributed by atoms with Crippen LogP contribution in [0.2, 0.25) is 0 Å². The summed E-state index contributed by atoms with van der Waals surface area (Å²) in [5, 5.41) is 22.2. The van der Waals surface area contributed by atoms with Crippen molar-refractivity contribution in [3.63, 3.8) is 0 Å². The summed E-state index contributed by atoms with van der Waals surface area (Å²) in [4.78, 5) is 32.1. The quantitative estimate of drug-likeness (QED) is 0.483. The Hall–Kier alpha value is -2.90. The van der Waals surface area contributed by atoms with E-state index in [2.05, 4.69) is 5.32 Å². The van der Waals surface area contributed by atoms with Gasteiger partial charge in [0.1, 0.15) is 17.8 Å². The van der Waals surface area contributed by atoms with Crippen molar-refractivity contribution >= 4 is 28.3 Å². The number of fused-ring (bicyclic) bond motifs is 1. The first kappa shape index (κ1) is 12.6. The second-order valence-electron chi connectivity index (χ2n) is 3.61. The number of anilines is 1. The number of carboxylic acids is 1. The lowest BCUT2D eigenvalue weighted by Crippen LogP contribution is -2.17. The van der Waals surface area contributed by atoms with Crippen LogP contribution >= 0.6 is 0 Å². The summed E-state index contributed by atoms with van der Waals surface area (Å²) in [6, 6.07) is 6.15. The number of para-hydroxylation sites is 1. The standard InChI is InChI=1S/C11H8N2O6/c14-8(15)5-12-9-6-3-1-2-4-7(6)19-11(16)10(9)13(17)18/h1-4,12H,5H2,(H,14,15). The summed E-state index contributed by atoms with van der Waals surface area (Å²) in [6.45, 7) is -0.547. The van der Waals surface area contributed by atoms with Gasteiger partial charge in [-0.15, -0.1) is 0 Å². The number of nitrogens with one attached hydrogen (secondary N) is 1. The third-order valence-corrected chi connectivity index (χ3v) is 2.39. The molecule has 98 valence electrons. The van der Waals surface area contributed by atoms with E-state index in [-0.39, 0.29) is 16.7 Å². The van der Waals surface area contributed by atoms with Crippen molar-refractivity contribution in [2.75, 3.05) is 11.9 Å². The van der Waals surface area contributed by atoms with E-state index >= 15 is 0 Å². The Balaban J connectivity index is 2.72. The zero-order valence-electron chi connectivity index (χ0n) is 9.45. The average molecular weight is 264 g/mol. The fraction of sp³-hybridized carbons (Fsp3) is 0.0909. The lowest BCUT2D eigenvalue weighted by atomic mass is 10.2. The number of aliphatic carboxylic acids is 1. The Morgan fingerprint density at radius 2 is 2.11 bits per heavy atom. The minimum absolute atomic E-state index is 0.144. The molecule has 2 aromatic rings. The molecule has 0 radical (unpaired) electrons. The molecule has 0 saturated carbocycles. The smallest absolute Gasteiger partial charge is 0.417 e. The van der Waals surface area contributed by atoms with Crippen molar-refractivity contribution in [3.05, 3.63) is 44.8 Å². The number of benzene rings is 1. The maximum Gasteiger partial charge on any atom is 0.417 e. The van der Waals surface area contributed by atoms with Gasteiger partial charge in [-0.3, -0.25) is 14.9 Å². The zero-order valence-corrected chi connectivity index (χ0v) is 9.45.